The van der Waals surface area contributed by atoms with Gasteiger partial charge >= 0.3 is 0 Å². The smallest absolute Gasteiger partial charge is 0.246 e. The summed E-state index contributed by atoms with van der Waals surface area (Å²) in [6, 6.07) is 1.79. The fraction of sp³-hybridized carbons (Fsp3) is 0.571. The zero-order valence-corrected chi connectivity index (χ0v) is 13.5. The number of benzene rings is 1. The topological polar surface area (TPSA) is 63.4 Å². The molecule has 0 bridgehead atoms. The van der Waals surface area contributed by atoms with Crippen molar-refractivity contribution in [3.05, 3.63) is 23.8 Å². The number of hydrogen-bond acceptors (Lipinski definition) is 3. The van der Waals surface area contributed by atoms with Gasteiger partial charge in [0.05, 0.1) is 0 Å². The monoisotopic (exact) mass is 320 g/mol. The number of hydrogen-bond donors (Lipinski definition) is 1. The second-order valence-corrected chi connectivity index (χ2v) is 7.79. The molecule has 0 fully saturated rings. The molecule has 1 aromatic carbocycles. The third-order valence-corrected chi connectivity index (χ3v) is 4.70. The van der Waals surface area contributed by atoms with Gasteiger partial charge in [-0.15, -0.1) is 0 Å². The molecule has 0 heterocycles. The fourth-order valence-corrected chi connectivity index (χ4v) is 3.82. The standard InChI is InChI=1S/C14H22F2N2O2S/c1-9(2)7-18(8-10(3)4)21(19,20)12-6-5-11(15)14(17)13(12)16/h5-6,9-10H,7-8,17H2,1-4H3. The van der Waals surface area contributed by atoms with Crippen molar-refractivity contribution in [3.63, 3.8) is 0 Å². The van der Waals surface area contributed by atoms with Crippen molar-refractivity contribution < 1.29 is 17.2 Å². The first kappa shape index (κ1) is 17.8. The molecule has 0 amide bonds. The van der Waals surface area contributed by atoms with E-state index in [1.165, 1.54) is 4.31 Å². The van der Waals surface area contributed by atoms with Gasteiger partial charge in [-0.2, -0.15) is 4.31 Å². The molecule has 0 atom stereocenters. The summed E-state index contributed by atoms with van der Waals surface area (Å²) < 4.78 is 53.6. The molecule has 2 N–H and O–H groups in total. The summed E-state index contributed by atoms with van der Waals surface area (Å²) in [6.07, 6.45) is 0. The lowest BCUT2D eigenvalue weighted by Gasteiger charge is -2.26. The second kappa shape index (κ2) is 6.70. The average Bonchev–Trinajstić information content (AvgIpc) is 2.33. The molecule has 0 aliphatic heterocycles. The SMILES string of the molecule is CC(C)CN(CC(C)C)S(=O)(=O)c1ccc(F)c(N)c1F. The van der Waals surface area contributed by atoms with Crippen LogP contribution >= 0.6 is 0 Å². The summed E-state index contributed by atoms with van der Waals surface area (Å²) in [5.41, 5.74) is 4.48. The quantitative estimate of drug-likeness (QED) is 0.820. The van der Waals surface area contributed by atoms with E-state index in [1.807, 2.05) is 27.7 Å². The van der Waals surface area contributed by atoms with Crippen LogP contribution in [-0.4, -0.2) is 25.8 Å². The van der Waals surface area contributed by atoms with E-state index in [-0.39, 0.29) is 24.9 Å². The van der Waals surface area contributed by atoms with E-state index in [0.717, 1.165) is 12.1 Å². The zero-order chi connectivity index (χ0) is 16.4. The van der Waals surface area contributed by atoms with E-state index in [2.05, 4.69) is 0 Å². The van der Waals surface area contributed by atoms with Crippen molar-refractivity contribution in [2.75, 3.05) is 18.8 Å². The number of nitrogens with zero attached hydrogens (tertiary/aromatic N) is 1. The molecule has 0 aliphatic carbocycles. The van der Waals surface area contributed by atoms with Gasteiger partial charge in [-0.3, -0.25) is 0 Å². The highest BCUT2D eigenvalue weighted by molar-refractivity contribution is 7.89. The molecule has 0 aromatic heterocycles. The Hall–Kier alpha value is -1.21. The van der Waals surface area contributed by atoms with Crippen LogP contribution in [0.1, 0.15) is 27.7 Å². The lowest BCUT2D eigenvalue weighted by atomic mass is 10.2. The van der Waals surface area contributed by atoms with Crippen molar-refractivity contribution in [2.45, 2.75) is 32.6 Å². The summed E-state index contributed by atoms with van der Waals surface area (Å²) >= 11 is 0. The third-order valence-electron chi connectivity index (χ3n) is 2.85. The Morgan fingerprint density at radius 1 is 1.10 bits per heavy atom. The Morgan fingerprint density at radius 3 is 2.00 bits per heavy atom. The van der Waals surface area contributed by atoms with Gasteiger partial charge in [-0.1, -0.05) is 27.7 Å². The van der Waals surface area contributed by atoms with E-state index in [4.69, 9.17) is 5.73 Å². The molecule has 4 nitrogen and oxygen atoms in total. The minimum Gasteiger partial charge on any atom is -0.394 e. The maximum absolute atomic E-state index is 14.0. The molecule has 1 rings (SSSR count). The molecule has 0 saturated heterocycles. The first-order valence-electron chi connectivity index (χ1n) is 6.81. The lowest BCUT2D eigenvalue weighted by Crippen LogP contribution is -2.37. The molecule has 7 heteroatoms. The minimum absolute atomic E-state index is 0.0828. The molecule has 120 valence electrons. The molecule has 1 aromatic rings. The average molecular weight is 320 g/mol. The predicted molar refractivity (Wildman–Crippen MR) is 79.2 cm³/mol. The Labute approximate surface area is 125 Å². The molecule has 21 heavy (non-hydrogen) atoms. The van der Waals surface area contributed by atoms with Crippen LogP contribution in [0, 0.1) is 23.5 Å². The van der Waals surface area contributed by atoms with Crippen LogP contribution in [0.5, 0.6) is 0 Å². The van der Waals surface area contributed by atoms with Crippen LogP contribution < -0.4 is 5.73 Å². The van der Waals surface area contributed by atoms with E-state index in [0.29, 0.717) is 0 Å². The molecule has 0 radical (unpaired) electrons. The number of anilines is 1. The van der Waals surface area contributed by atoms with Gasteiger partial charge in [-0.25, -0.2) is 17.2 Å². The number of sulfonamides is 1. The second-order valence-electron chi connectivity index (χ2n) is 5.88. The first-order valence-corrected chi connectivity index (χ1v) is 8.25. The normalized spacial score (nSPS) is 12.6. The highest BCUT2D eigenvalue weighted by Gasteiger charge is 2.30. The molecule has 0 spiro atoms. The summed E-state index contributed by atoms with van der Waals surface area (Å²) in [7, 11) is -4.05. The van der Waals surface area contributed by atoms with E-state index >= 15 is 0 Å². The van der Waals surface area contributed by atoms with Crippen LogP contribution in [0.15, 0.2) is 17.0 Å². The van der Waals surface area contributed by atoms with E-state index in [1.54, 1.807) is 0 Å². The number of halogens is 2. The Kier molecular flexibility index (Phi) is 5.69. The van der Waals surface area contributed by atoms with E-state index < -0.39 is 32.2 Å². The first-order chi connectivity index (χ1) is 9.57. The third kappa shape index (κ3) is 4.14. The fourth-order valence-electron chi connectivity index (χ4n) is 1.97. The van der Waals surface area contributed by atoms with Gasteiger partial charge in [-0.05, 0) is 24.0 Å². The van der Waals surface area contributed by atoms with Crippen LogP contribution in [0.2, 0.25) is 0 Å². The predicted octanol–water partition coefficient (Wildman–Crippen LogP) is 2.85. The molecule has 0 unspecified atom stereocenters. The lowest BCUT2D eigenvalue weighted by molar-refractivity contribution is 0.332. The molecular weight excluding hydrogens is 298 g/mol. The zero-order valence-electron chi connectivity index (χ0n) is 12.7. The van der Waals surface area contributed by atoms with Gasteiger partial charge in [0.15, 0.2) is 5.82 Å². The molecule has 0 saturated carbocycles. The Balaban J connectivity index is 3.32. The summed E-state index contributed by atoms with van der Waals surface area (Å²) in [6.45, 7) is 8.02. The van der Waals surface area contributed by atoms with Crippen molar-refractivity contribution >= 4 is 15.7 Å². The van der Waals surface area contributed by atoms with Crippen molar-refractivity contribution in [3.8, 4) is 0 Å². The van der Waals surface area contributed by atoms with Crippen molar-refractivity contribution in [1.29, 1.82) is 0 Å². The molecule has 0 aliphatic rings. The highest BCUT2D eigenvalue weighted by atomic mass is 32.2. The van der Waals surface area contributed by atoms with E-state index in [9.17, 15) is 17.2 Å². The van der Waals surface area contributed by atoms with Gasteiger partial charge in [0.2, 0.25) is 10.0 Å². The van der Waals surface area contributed by atoms with Crippen molar-refractivity contribution in [1.82, 2.24) is 4.31 Å². The Bertz CT molecular complexity index is 591. The largest absolute Gasteiger partial charge is 0.394 e. The summed E-state index contributed by atoms with van der Waals surface area (Å²) in [4.78, 5) is -0.581. The number of nitrogen functional groups attached to an aromatic ring is 1. The minimum atomic E-state index is -4.05. The Morgan fingerprint density at radius 2 is 1.57 bits per heavy atom. The van der Waals surface area contributed by atoms with Crippen LogP contribution in [0.25, 0.3) is 0 Å². The van der Waals surface area contributed by atoms with Gasteiger partial charge in [0, 0.05) is 13.1 Å². The van der Waals surface area contributed by atoms with Crippen LogP contribution in [-0.2, 0) is 10.0 Å². The van der Waals surface area contributed by atoms with Gasteiger partial charge < -0.3 is 5.73 Å². The summed E-state index contributed by atoms with van der Waals surface area (Å²) in [5, 5.41) is 0. The maximum atomic E-state index is 14.0. The maximum Gasteiger partial charge on any atom is 0.246 e. The number of nitrogens with two attached hydrogens (primary N) is 1. The van der Waals surface area contributed by atoms with Crippen LogP contribution in [0.3, 0.4) is 0 Å². The number of rotatable bonds is 6. The highest BCUT2D eigenvalue weighted by Crippen LogP contribution is 2.26. The van der Waals surface area contributed by atoms with Crippen LogP contribution in [0.4, 0.5) is 14.5 Å². The summed E-state index contributed by atoms with van der Waals surface area (Å²) in [5.74, 6) is -2.03. The van der Waals surface area contributed by atoms with Crippen molar-refractivity contribution in [2.24, 2.45) is 11.8 Å². The van der Waals surface area contributed by atoms with Gasteiger partial charge in [0.1, 0.15) is 16.4 Å². The van der Waals surface area contributed by atoms with Gasteiger partial charge in [0.25, 0.3) is 0 Å². The molecular formula is C14H22F2N2O2S.